The summed E-state index contributed by atoms with van der Waals surface area (Å²) in [5.74, 6) is 0.509. The van der Waals surface area contributed by atoms with Gasteiger partial charge in [-0.15, -0.1) is 0 Å². The number of hydrogen-bond acceptors (Lipinski definition) is 4. The highest BCUT2D eigenvalue weighted by Crippen LogP contribution is 2.26. The molecular formula is C15H25N3O2. The van der Waals surface area contributed by atoms with E-state index in [9.17, 15) is 4.79 Å². The Balaban J connectivity index is 2.65. The van der Waals surface area contributed by atoms with Crippen LogP contribution in [0.25, 0.3) is 0 Å². The van der Waals surface area contributed by atoms with Crippen LogP contribution in [0.4, 0.5) is 5.69 Å². The average Bonchev–Trinajstić information content (AvgIpc) is 2.42. The molecule has 0 saturated carbocycles. The minimum Gasteiger partial charge on any atom is -0.495 e. The Labute approximate surface area is 121 Å². The second kappa shape index (κ2) is 7.75. The molecule has 0 aliphatic carbocycles. The van der Waals surface area contributed by atoms with E-state index in [0.717, 1.165) is 11.4 Å². The van der Waals surface area contributed by atoms with Gasteiger partial charge in [-0.25, -0.2) is 0 Å². The third-order valence-electron chi connectivity index (χ3n) is 3.13. The molecule has 0 spiro atoms. The number of nitrogens with two attached hydrogens (primary N) is 1. The summed E-state index contributed by atoms with van der Waals surface area (Å²) in [5, 5.41) is 3.18. The first kappa shape index (κ1) is 16.3. The molecule has 5 heteroatoms. The highest BCUT2D eigenvalue weighted by molar-refractivity contribution is 5.79. The fourth-order valence-corrected chi connectivity index (χ4v) is 2.10. The summed E-state index contributed by atoms with van der Waals surface area (Å²) in [4.78, 5) is 13.5. The molecule has 0 aliphatic heterocycles. The molecule has 0 aromatic heterocycles. The van der Waals surface area contributed by atoms with Crippen molar-refractivity contribution in [3.8, 4) is 5.75 Å². The van der Waals surface area contributed by atoms with E-state index in [1.807, 2.05) is 45.2 Å². The number of carbonyl (C=O) groups is 1. The van der Waals surface area contributed by atoms with Gasteiger partial charge in [0.1, 0.15) is 5.75 Å². The summed E-state index contributed by atoms with van der Waals surface area (Å²) in [5.41, 5.74) is 6.42. The number of primary amides is 1. The summed E-state index contributed by atoms with van der Waals surface area (Å²) < 4.78 is 5.34. The lowest BCUT2D eigenvalue weighted by Crippen LogP contribution is -2.46. The van der Waals surface area contributed by atoms with E-state index in [1.54, 1.807) is 7.11 Å². The van der Waals surface area contributed by atoms with Crippen LogP contribution in [0.3, 0.4) is 0 Å². The second-order valence-corrected chi connectivity index (χ2v) is 5.16. The van der Waals surface area contributed by atoms with Crippen LogP contribution in [0.5, 0.6) is 5.75 Å². The molecule has 112 valence electrons. The van der Waals surface area contributed by atoms with Crippen molar-refractivity contribution >= 4 is 11.6 Å². The van der Waals surface area contributed by atoms with E-state index in [1.165, 1.54) is 0 Å². The molecule has 20 heavy (non-hydrogen) atoms. The van der Waals surface area contributed by atoms with Crippen LogP contribution in [0, 0.1) is 0 Å². The summed E-state index contributed by atoms with van der Waals surface area (Å²) in [6, 6.07) is 7.73. The van der Waals surface area contributed by atoms with Crippen LogP contribution in [0.1, 0.15) is 20.3 Å². The quantitative estimate of drug-likeness (QED) is 0.754. The fraction of sp³-hybridized carbons (Fsp3) is 0.533. The van der Waals surface area contributed by atoms with Gasteiger partial charge in [0, 0.05) is 19.6 Å². The maximum atomic E-state index is 11.4. The second-order valence-electron chi connectivity index (χ2n) is 5.16. The van der Waals surface area contributed by atoms with E-state index in [4.69, 9.17) is 10.5 Å². The van der Waals surface area contributed by atoms with Gasteiger partial charge in [0.15, 0.2) is 0 Å². The van der Waals surface area contributed by atoms with E-state index < -0.39 is 0 Å². The summed E-state index contributed by atoms with van der Waals surface area (Å²) in [6.07, 6.45) is 0.655. The summed E-state index contributed by atoms with van der Waals surface area (Å²) in [7, 11) is 3.63. The van der Waals surface area contributed by atoms with Crippen molar-refractivity contribution in [1.29, 1.82) is 0 Å². The maximum Gasteiger partial charge on any atom is 0.234 e. The Morgan fingerprint density at radius 1 is 1.40 bits per heavy atom. The van der Waals surface area contributed by atoms with Crippen LogP contribution in [-0.2, 0) is 4.79 Å². The molecule has 1 unspecified atom stereocenters. The van der Waals surface area contributed by atoms with Crippen molar-refractivity contribution in [2.75, 3.05) is 25.6 Å². The number of benzene rings is 1. The van der Waals surface area contributed by atoms with Gasteiger partial charge in [-0.2, -0.15) is 0 Å². The van der Waals surface area contributed by atoms with Gasteiger partial charge in [-0.3, -0.25) is 4.79 Å². The zero-order valence-corrected chi connectivity index (χ0v) is 12.7. The summed E-state index contributed by atoms with van der Waals surface area (Å²) in [6.45, 7) is 4.72. The lowest BCUT2D eigenvalue weighted by Gasteiger charge is -2.25. The minimum atomic E-state index is -0.313. The molecule has 1 rings (SSSR count). The van der Waals surface area contributed by atoms with E-state index >= 15 is 0 Å². The van der Waals surface area contributed by atoms with Gasteiger partial charge in [0.25, 0.3) is 0 Å². The van der Waals surface area contributed by atoms with Crippen molar-refractivity contribution in [2.45, 2.75) is 32.4 Å². The van der Waals surface area contributed by atoms with Gasteiger partial charge >= 0.3 is 0 Å². The van der Waals surface area contributed by atoms with Crippen molar-refractivity contribution in [3.05, 3.63) is 24.3 Å². The topological polar surface area (TPSA) is 67.6 Å². The van der Waals surface area contributed by atoms with Gasteiger partial charge in [0.2, 0.25) is 5.91 Å². The Hall–Kier alpha value is -1.75. The van der Waals surface area contributed by atoms with E-state index in [2.05, 4.69) is 10.2 Å². The molecule has 0 bridgehead atoms. The number of carbonyl (C=O) groups excluding carboxylic acids is 1. The van der Waals surface area contributed by atoms with Crippen LogP contribution >= 0.6 is 0 Å². The highest BCUT2D eigenvalue weighted by atomic mass is 16.5. The number of nitrogens with zero attached hydrogens (tertiary/aromatic N) is 1. The zero-order valence-electron chi connectivity index (χ0n) is 12.7. The molecule has 5 nitrogen and oxygen atoms in total. The fourth-order valence-electron chi connectivity index (χ4n) is 2.10. The first-order chi connectivity index (χ1) is 9.45. The van der Waals surface area contributed by atoms with Crippen LogP contribution in [0.2, 0.25) is 0 Å². The third kappa shape index (κ3) is 4.74. The standard InChI is InChI=1S/C15H25N3O2/c1-11(2)17-12(15(16)19)9-10-18(3)13-7-5-6-8-14(13)20-4/h5-8,11-12,17H,9-10H2,1-4H3,(H2,16,19). The molecule has 3 N–H and O–H groups in total. The number of rotatable bonds is 8. The Kier molecular flexibility index (Phi) is 6.31. The Morgan fingerprint density at radius 2 is 2.05 bits per heavy atom. The third-order valence-corrected chi connectivity index (χ3v) is 3.13. The molecular weight excluding hydrogens is 254 g/mol. The predicted molar refractivity (Wildman–Crippen MR) is 82.1 cm³/mol. The number of para-hydroxylation sites is 2. The normalized spacial score (nSPS) is 12.2. The molecule has 0 heterocycles. The van der Waals surface area contributed by atoms with Crippen LogP contribution in [0.15, 0.2) is 24.3 Å². The lowest BCUT2D eigenvalue weighted by atomic mass is 10.1. The number of anilines is 1. The van der Waals surface area contributed by atoms with Crippen molar-refractivity contribution in [3.63, 3.8) is 0 Å². The molecule has 0 fully saturated rings. The molecule has 0 saturated heterocycles. The number of ether oxygens (including phenoxy) is 1. The Morgan fingerprint density at radius 3 is 2.60 bits per heavy atom. The summed E-state index contributed by atoms with van der Waals surface area (Å²) >= 11 is 0. The van der Waals surface area contributed by atoms with Gasteiger partial charge in [-0.1, -0.05) is 26.0 Å². The number of amides is 1. The lowest BCUT2D eigenvalue weighted by molar-refractivity contribution is -0.120. The van der Waals surface area contributed by atoms with Crippen molar-refractivity contribution in [1.82, 2.24) is 5.32 Å². The molecule has 1 aromatic rings. The minimum absolute atomic E-state index is 0.226. The first-order valence-corrected chi connectivity index (χ1v) is 6.85. The van der Waals surface area contributed by atoms with E-state index in [0.29, 0.717) is 13.0 Å². The number of hydrogen-bond donors (Lipinski definition) is 2. The molecule has 1 atom stereocenters. The van der Waals surface area contributed by atoms with Gasteiger partial charge in [-0.05, 0) is 18.6 Å². The number of methoxy groups -OCH3 is 1. The Bertz CT molecular complexity index is 435. The molecule has 1 amide bonds. The van der Waals surface area contributed by atoms with Crippen LogP contribution in [-0.4, -0.2) is 38.7 Å². The van der Waals surface area contributed by atoms with Crippen molar-refractivity contribution < 1.29 is 9.53 Å². The SMILES string of the molecule is COc1ccccc1N(C)CCC(NC(C)C)C(N)=O. The van der Waals surface area contributed by atoms with Crippen molar-refractivity contribution in [2.24, 2.45) is 5.73 Å². The number of nitrogens with one attached hydrogen (secondary N) is 1. The largest absolute Gasteiger partial charge is 0.495 e. The van der Waals surface area contributed by atoms with Gasteiger partial charge < -0.3 is 20.7 Å². The molecule has 0 aliphatic rings. The zero-order chi connectivity index (χ0) is 15.1. The van der Waals surface area contributed by atoms with E-state index in [-0.39, 0.29) is 18.0 Å². The van der Waals surface area contributed by atoms with Gasteiger partial charge in [0.05, 0.1) is 18.8 Å². The molecule has 0 radical (unpaired) electrons. The smallest absolute Gasteiger partial charge is 0.234 e. The first-order valence-electron chi connectivity index (χ1n) is 6.85. The van der Waals surface area contributed by atoms with Crippen LogP contribution < -0.4 is 20.7 Å². The molecule has 1 aromatic carbocycles. The highest BCUT2D eigenvalue weighted by Gasteiger charge is 2.17. The maximum absolute atomic E-state index is 11.4. The average molecular weight is 279 g/mol. The monoisotopic (exact) mass is 279 g/mol. The predicted octanol–water partition coefficient (Wildman–Crippen LogP) is 1.37.